The number of unbranched alkanes of at least 4 members (excludes halogenated alkanes) is 9. The molecule has 0 atom stereocenters. The van der Waals surface area contributed by atoms with Crippen LogP contribution in [0.15, 0.2) is 41.5 Å². The van der Waals surface area contributed by atoms with Crippen LogP contribution >= 0.6 is 0 Å². The predicted molar refractivity (Wildman–Crippen MR) is 146 cm³/mol. The molecule has 37 heavy (non-hydrogen) atoms. The number of hydrogen-bond donors (Lipinski definition) is 2. The van der Waals surface area contributed by atoms with E-state index >= 15 is 0 Å². The third-order valence-electron chi connectivity index (χ3n) is 6.08. The normalized spacial score (nSPS) is 11.4. The van der Waals surface area contributed by atoms with Crippen molar-refractivity contribution in [2.45, 2.75) is 84.5 Å². The van der Waals surface area contributed by atoms with Crippen molar-refractivity contribution in [1.82, 2.24) is 0 Å². The van der Waals surface area contributed by atoms with Crippen molar-refractivity contribution in [3.63, 3.8) is 0 Å². The lowest BCUT2D eigenvalue weighted by atomic mass is 10.1. The van der Waals surface area contributed by atoms with Crippen molar-refractivity contribution in [3.8, 4) is 11.5 Å². The van der Waals surface area contributed by atoms with E-state index in [0.29, 0.717) is 30.1 Å². The molecular formula is C27H38N4O6. The first-order valence-electron chi connectivity index (χ1n) is 13.1. The largest absolute Gasteiger partial charge is 0.507 e. The van der Waals surface area contributed by atoms with Gasteiger partial charge in [-0.25, -0.2) is 0 Å². The Morgan fingerprint density at radius 1 is 0.892 bits per heavy atom. The molecule has 0 saturated heterocycles. The Hall–Kier alpha value is -3.69. The highest BCUT2D eigenvalue weighted by atomic mass is 16.6. The van der Waals surface area contributed by atoms with Crippen LogP contribution in [0.4, 0.5) is 17.1 Å². The first-order valence-corrected chi connectivity index (χ1v) is 13.1. The lowest BCUT2D eigenvalue weighted by Crippen LogP contribution is -2.05. The van der Waals surface area contributed by atoms with Crippen molar-refractivity contribution in [1.29, 1.82) is 0 Å². The molecule has 2 rings (SSSR count). The summed E-state index contributed by atoms with van der Waals surface area (Å²) in [6, 6.07) is 8.25. The van der Waals surface area contributed by atoms with E-state index in [2.05, 4.69) is 17.5 Å². The standard InChI is InChI=1S/C27H38N4O6/c1-3-5-6-7-8-9-10-11-12-13-18-37-22-15-16-23(27(32)20-22)24(4-2)28-29-25-17-14-21(30(33)34)19-26(25)31(35)36/h14-17,19-20,29,32H,3-13,18H2,1-2H3. The van der Waals surface area contributed by atoms with Crippen LogP contribution in [-0.2, 0) is 0 Å². The molecule has 0 unspecified atom stereocenters. The van der Waals surface area contributed by atoms with E-state index in [9.17, 15) is 25.3 Å². The molecule has 0 saturated carbocycles. The number of aromatic hydroxyl groups is 1. The third-order valence-corrected chi connectivity index (χ3v) is 6.08. The fourth-order valence-corrected chi connectivity index (χ4v) is 3.96. The second-order valence-electron chi connectivity index (χ2n) is 8.95. The summed E-state index contributed by atoms with van der Waals surface area (Å²) < 4.78 is 5.78. The number of nitrogens with zero attached hydrogens (tertiary/aromatic N) is 3. The van der Waals surface area contributed by atoms with Crippen molar-refractivity contribution in [3.05, 3.63) is 62.2 Å². The second-order valence-corrected chi connectivity index (χ2v) is 8.95. The predicted octanol–water partition coefficient (Wildman–Crippen LogP) is 7.73. The zero-order valence-corrected chi connectivity index (χ0v) is 21.8. The van der Waals surface area contributed by atoms with E-state index in [1.807, 2.05) is 6.92 Å². The molecule has 10 heteroatoms. The van der Waals surface area contributed by atoms with Gasteiger partial charge < -0.3 is 9.84 Å². The Morgan fingerprint density at radius 2 is 1.54 bits per heavy atom. The molecule has 0 heterocycles. The minimum absolute atomic E-state index is 0.0116. The van der Waals surface area contributed by atoms with E-state index in [0.717, 1.165) is 25.0 Å². The summed E-state index contributed by atoms with van der Waals surface area (Å²) in [6.45, 7) is 4.64. The van der Waals surface area contributed by atoms with Crippen LogP contribution in [0, 0.1) is 20.2 Å². The average molecular weight is 515 g/mol. The molecule has 0 spiro atoms. The summed E-state index contributed by atoms with van der Waals surface area (Å²) in [6.07, 6.45) is 12.9. The van der Waals surface area contributed by atoms with Gasteiger partial charge in [0.15, 0.2) is 0 Å². The molecule has 0 aliphatic rings. The van der Waals surface area contributed by atoms with E-state index in [1.165, 1.54) is 63.5 Å². The van der Waals surface area contributed by atoms with Gasteiger partial charge in [-0.2, -0.15) is 5.10 Å². The number of ether oxygens (including phenoxy) is 1. The van der Waals surface area contributed by atoms with Crippen LogP contribution in [0.3, 0.4) is 0 Å². The molecule has 2 aromatic rings. The van der Waals surface area contributed by atoms with Gasteiger partial charge in [0.2, 0.25) is 0 Å². The minimum atomic E-state index is -0.714. The fraction of sp³-hybridized carbons (Fsp3) is 0.519. The lowest BCUT2D eigenvalue weighted by Gasteiger charge is -2.11. The molecule has 2 N–H and O–H groups in total. The van der Waals surface area contributed by atoms with Gasteiger partial charge in [-0.05, 0) is 31.0 Å². The summed E-state index contributed by atoms with van der Waals surface area (Å²) in [4.78, 5) is 20.8. The van der Waals surface area contributed by atoms with Gasteiger partial charge >= 0.3 is 5.69 Å². The Kier molecular flexibility index (Phi) is 12.9. The summed E-state index contributed by atoms with van der Waals surface area (Å²) >= 11 is 0. The second kappa shape index (κ2) is 16.1. The van der Waals surface area contributed by atoms with Crippen LogP contribution < -0.4 is 10.2 Å². The van der Waals surface area contributed by atoms with Crippen LogP contribution in [0.1, 0.15) is 90.0 Å². The van der Waals surface area contributed by atoms with Gasteiger partial charge in [0.25, 0.3) is 5.69 Å². The molecule has 10 nitrogen and oxygen atoms in total. The lowest BCUT2D eigenvalue weighted by molar-refractivity contribution is -0.393. The summed E-state index contributed by atoms with van der Waals surface area (Å²) in [5, 5.41) is 37.0. The number of nitro benzene ring substituents is 2. The number of hydrogen-bond acceptors (Lipinski definition) is 8. The maximum Gasteiger partial charge on any atom is 0.301 e. The van der Waals surface area contributed by atoms with Gasteiger partial charge in [0, 0.05) is 17.7 Å². The number of hydrazone groups is 1. The molecule has 2 aromatic carbocycles. The maximum absolute atomic E-state index is 11.3. The number of nitrogens with one attached hydrogen (secondary N) is 1. The molecule has 0 bridgehead atoms. The van der Waals surface area contributed by atoms with Gasteiger partial charge in [-0.3, -0.25) is 25.7 Å². The van der Waals surface area contributed by atoms with Crippen LogP contribution in [0.25, 0.3) is 0 Å². The molecule has 0 amide bonds. The molecule has 0 radical (unpaired) electrons. The smallest absolute Gasteiger partial charge is 0.301 e. The number of phenols is 1. The fourth-order valence-electron chi connectivity index (χ4n) is 3.96. The van der Waals surface area contributed by atoms with Crippen molar-refractivity contribution in [2.75, 3.05) is 12.0 Å². The summed E-state index contributed by atoms with van der Waals surface area (Å²) in [5.74, 6) is 0.549. The third kappa shape index (κ3) is 10.1. The van der Waals surface area contributed by atoms with Crippen LogP contribution in [-0.4, -0.2) is 27.3 Å². The van der Waals surface area contributed by atoms with Gasteiger partial charge in [-0.1, -0.05) is 71.6 Å². The Morgan fingerprint density at radius 3 is 2.11 bits per heavy atom. The average Bonchev–Trinajstić information content (AvgIpc) is 2.88. The number of benzene rings is 2. The highest BCUT2D eigenvalue weighted by Crippen LogP contribution is 2.30. The highest BCUT2D eigenvalue weighted by Gasteiger charge is 2.19. The van der Waals surface area contributed by atoms with Crippen LogP contribution in [0.5, 0.6) is 11.5 Å². The zero-order chi connectivity index (χ0) is 27.0. The Balaban J connectivity index is 1.87. The molecule has 0 aromatic heterocycles. The SMILES string of the molecule is CCCCCCCCCCCCOc1ccc(C(CC)=NNc2ccc([N+](=O)[O-])cc2[N+](=O)[O-])c(O)c1. The molecular weight excluding hydrogens is 476 g/mol. The first-order chi connectivity index (χ1) is 17.9. The van der Waals surface area contributed by atoms with E-state index in [1.54, 1.807) is 12.1 Å². The van der Waals surface area contributed by atoms with Gasteiger partial charge in [-0.15, -0.1) is 0 Å². The van der Waals surface area contributed by atoms with Crippen molar-refractivity contribution in [2.24, 2.45) is 5.10 Å². The number of nitro groups is 2. The minimum Gasteiger partial charge on any atom is -0.507 e. The van der Waals surface area contributed by atoms with Crippen molar-refractivity contribution >= 4 is 22.8 Å². The molecule has 0 fully saturated rings. The van der Waals surface area contributed by atoms with E-state index < -0.39 is 15.5 Å². The highest BCUT2D eigenvalue weighted by molar-refractivity contribution is 6.03. The molecule has 202 valence electrons. The molecule has 0 aliphatic heterocycles. The van der Waals surface area contributed by atoms with Crippen LogP contribution in [0.2, 0.25) is 0 Å². The zero-order valence-electron chi connectivity index (χ0n) is 21.8. The number of rotatable bonds is 18. The van der Waals surface area contributed by atoms with Gasteiger partial charge in [0.05, 0.1) is 28.2 Å². The number of non-ortho nitro benzene ring substituents is 1. The monoisotopic (exact) mass is 514 g/mol. The van der Waals surface area contributed by atoms with E-state index in [4.69, 9.17) is 4.74 Å². The van der Waals surface area contributed by atoms with E-state index in [-0.39, 0.29) is 17.1 Å². The van der Waals surface area contributed by atoms with Crippen molar-refractivity contribution < 1.29 is 19.7 Å². The number of phenolic OH excluding ortho intramolecular Hbond substituents is 1. The van der Waals surface area contributed by atoms with Gasteiger partial charge in [0.1, 0.15) is 17.2 Å². The molecule has 0 aliphatic carbocycles. The Labute approximate surface area is 218 Å². The number of anilines is 1. The topological polar surface area (TPSA) is 140 Å². The summed E-state index contributed by atoms with van der Waals surface area (Å²) in [5.41, 5.74) is 2.70. The quantitative estimate of drug-likeness (QED) is 0.0897. The first kappa shape index (κ1) is 29.5. The summed E-state index contributed by atoms with van der Waals surface area (Å²) in [7, 11) is 0. The Bertz CT molecular complexity index is 1060. The maximum atomic E-state index is 11.3.